The average Bonchev–Trinajstić information content (AvgIpc) is 2.40. The number of anilines is 1. The molecule has 0 amide bonds. The van der Waals surface area contributed by atoms with E-state index in [1.54, 1.807) is 6.07 Å². The lowest BCUT2D eigenvalue weighted by Crippen LogP contribution is -2.07. The van der Waals surface area contributed by atoms with Crippen LogP contribution in [0.1, 0.15) is 16.7 Å². The first-order chi connectivity index (χ1) is 9.97. The second-order valence-electron chi connectivity index (χ2n) is 4.76. The molecule has 2 aromatic rings. The van der Waals surface area contributed by atoms with Gasteiger partial charge in [0.05, 0.1) is 10.7 Å². The van der Waals surface area contributed by atoms with E-state index in [0.29, 0.717) is 16.0 Å². The van der Waals surface area contributed by atoms with Crippen molar-refractivity contribution in [2.75, 3.05) is 5.32 Å². The topological polar surface area (TPSA) is 21.3 Å². The molecular weight excluding hydrogens is 322 g/mol. The van der Waals surface area contributed by atoms with Gasteiger partial charge in [-0.3, -0.25) is 0 Å². The molecule has 0 aliphatic rings. The minimum Gasteiger partial charge on any atom is -0.489 e. The van der Waals surface area contributed by atoms with Gasteiger partial charge in [-0.1, -0.05) is 53.6 Å². The van der Waals surface area contributed by atoms with Crippen molar-refractivity contribution >= 4 is 46.5 Å². The summed E-state index contributed by atoms with van der Waals surface area (Å²) in [5.74, 6) is 0.861. The first-order valence-electron chi connectivity index (χ1n) is 6.45. The number of hydrogen-bond acceptors (Lipinski definition) is 2. The van der Waals surface area contributed by atoms with Crippen molar-refractivity contribution in [3.63, 3.8) is 0 Å². The smallest absolute Gasteiger partial charge is 0.135 e. The molecule has 2 nitrogen and oxygen atoms in total. The number of thiocarbonyl (C=S) groups is 1. The van der Waals surface area contributed by atoms with Gasteiger partial charge < -0.3 is 10.1 Å². The molecule has 0 saturated heterocycles. The fourth-order valence-electron chi connectivity index (χ4n) is 2.05. The van der Waals surface area contributed by atoms with Crippen LogP contribution in [-0.4, -0.2) is 4.32 Å². The SMILES string of the molecule is Cc1ccc(OCc2cccc(Cl)c2NC(=S)S)c(C)c1. The van der Waals surface area contributed by atoms with Crippen LogP contribution in [0.4, 0.5) is 5.69 Å². The average molecular weight is 338 g/mol. The minimum absolute atomic E-state index is 0.371. The Kier molecular flexibility index (Phi) is 5.51. The third-order valence-corrected chi connectivity index (χ3v) is 3.57. The van der Waals surface area contributed by atoms with Crippen LogP contribution in [-0.2, 0) is 6.61 Å². The highest BCUT2D eigenvalue weighted by Gasteiger charge is 2.09. The van der Waals surface area contributed by atoms with Crippen molar-refractivity contribution in [1.82, 2.24) is 0 Å². The number of para-hydroxylation sites is 1. The Bertz CT molecular complexity index is 673. The van der Waals surface area contributed by atoms with E-state index >= 15 is 0 Å². The summed E-state index contributed by atoms with van der Waals surface area (Å²) in [4.78, 5) is 0. The molecule has 0 aliphatic carbocycles. The van der Waals surface area contributed by atoms with Crippen LogP contribution < -0.4 is 10.1 Å². The zero-order valence-electron chi connectivity index (χ0n) is 11.8. The molecule has 2 aromatic carbocycles. The predicted octanol–water partition coefficient (Wildman–Crippen LogP) is 5.16. The number of thiol groups is 1. The number of nitrogens with one attached hydrogen (secondary N) is 1. The van der Waals surface area contributed by atoms with E-state index in [2.05, 4.69) is 30.9 Å². The van der Waals surface area contributed by atoms with Gasteiger partial charge >= 0.3 is 0 Å². The molecule has 0 radical (unpaired) electrons. The van der Waals surface area contributed by atoms with Gasteiger partial charge in [0.15, 0.2) is 0 Å². The van der Waals surface area contributed by atoms with Crippen molar-refractivity contribution in [1.29, 1.82) is 0 Å². The third kappa shape index (κ3) is 4.37. The van der Waals surface area contributed by atoms with Crippen LogP contribution in [0, 0.1) is 13.8 Å². The number of rotatable bonds is 4. The van der Waals surface area contributed by atoms with Gasteiger partial charge in [0, 0.05) is 5.56 Å². The van der Waals surface area contributed by atoms with E-state index in [0.717, 1.165) is 22.6 Å². The molecule has 1 N–H and O–H groups in total. The Hall–Kier alpha value is -1.23. The first-order valence-corrected chi connectivity index (χ1v) is 7.68. The lowest BCUT2D eigenvalue weighted by Gasteiger charge is -2.14. The molecule has 5 heteroatoms. The van der Waals surface area contributed by atoms with Gasteiger partial charge in [0.2, 0.25) is 0 Å². The summed E-state index contributed by atoms with van der Waals surface area (Å²) < 4.78 is 6.26. The largest absolute Gasteiger partial charge is 0.489 e. The normalized spacial score (nSPS) is 10.3. The summed E-state index contributed by atoms with van der Waals surface area (Å²) in [5, 5.41) is 3.58. The van der Waals surface area contributed by atoms with Gasteiger partial charge in [0.1, 0.15) is 16.7 Å². The highest BCUT2D eigenvalue weighted by atomic mass is 35.5. The summed E-state index contributed by atoms with van der Waals surface area (Å²) in [6.45, 7) is 4.49. The summed E-state index contributed by atoms with van der Waals surface area (Å²) in [5.41, 5.74) is 3.99. The highest BCUT2D eigenvalue weighted by Crippen LogP contribution is 2.28. The fourth-order valence-corrected chi connectivity index (χ4v) is 2.51. The van der Waals surface area contributed by atoms with Crippen molar-refractivity contribution in [3.05, 3.63) is 58.1 Å². The summed E-state index contributed by atoms with van der Waals surface area (Å²) in [6.07, 6.45) is 0. The predicted molar refractivity (Wildman–Crippen MR) is 96.9 cm³/mol. The van der Waals surface area contributed by atoms with Crippen LogP contribution in [0.25, 0.3) is 0 Å². The molecule has 2 rings (SSSR count). The van der Waals surface area contributed by atoms with Crippen molar-refractivity contribution in [2.45, 2.75) is 20.5 Å². The third-order valence-electron chi connectivity index (χ3n) is 3.05. The Labute approximate surface area is 140 Å². The maximum Gasteiger partial charge on any atom is 0.135 e. The Balaban J connectivity index is 2.19. The second kappa shape index (κ2) is 7.16. The monoisotopic (exact) mass is 337 g/mol. The number of aryl methyl sites for hydroxylation is 2. The summed E-state index contributed by atoms with van der Waals surface area (Å²) >= 11 is 15.2. The Morgan fingerprint density at radius 2 is 2.05 bits per heavy atom. The van der Waals surface area contributed by atoms with E-state index in [-0.39, 0.29) is 0 Å². The van der Waals surface area contributed by atoms with Crippen LogP contribution in [0.15, 0.2) is 36.4 Å². The van der Waals surface area contributed by atoms with Crippen LogP contribution in [0.2, 0.25) is 5.02 Å². The molecule has 0 heterocycles. The van der Waals surface area contributed by atoms with Gasteiger partial charge in [-0.15, -0.1) is 12.6 Å². The molecule has 0 fully saturated rings. The Morgan fingerprint density at radius 1 is 1.29 bits per heavy atom. The standard InChI is InChI=1S/C16H16ClNOS2/c1-10-6-7-14(11(2)8-10)19-9-12-4-3-5-13(17)15(12)18-16(20)21/h3-8H,9H2,1-2H3,(H2,18,20,21). The first kappa shape index (κ1) is 16.1. The van der Waals surface area contributed by atoms with Gasteiger partial charge in [0.25, 0.3) is 0 Å². The van der Waals surface area contributed by atoms with E-state index in [9.17, 15) is 0 Å². The Morgan fingerprint density at radius 3 is 2.71 bits per heavy atom. The summed E-state index contributed by atoms with van der Waals surface area (Å²) in [7, 11) is 0. The highest BCUT2D eigenvalue weighted by molar-refractivity contribution is 8.11. The van der Waals surface area contributed by atoms with Crippen LogP contribution >= 0.6 is 36.4 Å². The maximum atomic E-state index is 6.20. The minimum atomic E-state index is 0.371. The number of hydrogen-bond donors (Lipinski definition) is 2. The molecule has 0 aliphatic heterocycles. The molecule has 0 saturated carbocycles. The van der Waals surface area contributed by atoms with Gasteiger partial charge in [-0.05, 0) is 31.5 Å². The molecular formula is C16H16ClNOS2. The van der Waals surface area contributed by atoms with E-state index in [1.165, 1.54) is 5.56 Å². The molecule has 0 spiro atoms. The molecule has 0 atom stereocenters. The van der Waals surface area contributed by atoms with Gasteiger partial charge in [-0.2, -0.15) is 0 Å². The van der Waals surface area contributed by atoms with Crippen LogP contribution in [0.5, 0.6) is 5.75 Å². The fraction of sp³-hybridized carbons (Fsp3) is 0.188. The molecule has 21 heavy (non-hydrogen) atoms. The van der Waals surface area contributed by atoms with Crippen molar-refractivity contribution in [2.24, 2.45) is 0 Å². The second-order valence-corrected chi connectivity index (χ2v) is 6.33. The maximum absolute atomic E-state index is 6.20. The van der Waals surface area contributed by atoms with E-state index < -0.39 is 0 Å². The van der Waals surface area contributed by atoms with E-state index in [4.69, 9.17) is 28.6 Å². The number of benzene rings is 2. The van der Waals surface area contributed by atoms with Crippen LogP contribution in [0.3, 0.4) is 0 Å². The number of ether oxygens (including phenoxy) is 1. The van der Waals surface area contributed by atoms with Crippen molar-refractivity contribution < 1.29 is 4.74 Å². The molecule has 0 aromatic heterocycles. The molecule has 0 bridgehead atoms. The van der Waals surface area contributed by atoms with Gasteiger partial charge in [-0.25, -0.2) is 0 Å². The zero-order chi connectivity index (χ0) is 15.4. The quantitative estimate of drug-likeness (QED) is 0.594. The lowest BCUT2D eigenvalue weighted by molar-refractivity contribution is 0.304. The summed E-state index contributed by atoms with van der Waals surface area (Å²) in [6, 6.07) is 11.7. The van der Waals surface area contributed by atoms with E-state index in [1.807, 2.05) is 31.2 Å². The lowest BCUT2D eigenvalue weighted by atomic mass is 10.1. The number of halogens is 1. The molecule has 0 unspecified atom stereocenters. The molecule has 110 valence electrons. The zero-order valence-corrected chi connectivity index (χ0v) is 14.3. The van der Waals surface area contributed by atoms with Crippen molar-refractivity contribution in [3.8, 4) is 5.75 Å².